The Bertz CT molecular complexity index is 1190. The molecule has 0 spiro atoms. The molecule has 1 fully saturated rings. The number of nitrogens with zero attached hydrogens (tertiary/aromatic N) is 1. The summed E-state index contributed by atoms with van der Waals surface area (Å²) >= 11 is 0. The number of carbonyl (C=O) groups excluding carboxylic acids is 1. The molecule has 2 heterocycles. The summed E-state index contributed by atoms with van der Waals surface area (Å²) in [7, 11) is -2.28. The van der Waals surface area contributed by atoms with Crippen LogP contribution in [0, 0.1) is 0 Å². The van der Waals surface area contributed by atoms with Gasteiger partial charge in [0.2, 0.25) is 15.9 Å². The molecule has 1 aliphatic rings. The molecule has 1 saturated heterocycles. The van der Waals surface area contributed by atoms with Gasteiger partial charge in [0, 0.05) is 30.2 Å². The Hall–Kier alpha value is -3.10. The number of hydrogen-bond donors (Lipinski definition) is 1. The minimum Gasteiger partial charge on any atom is -0.495 e. The van der Waals surface area contributed by atoms with Crippen LogP contribution in [-0.2, 0) is 14.8 Å². The summed E-state index contributed by atoms with van der Waals surface area (Å²) in [6.07, 6.45) is 5.62. The topological polar surface area (TPSA) is 88.8 Å². The molecule has 0 saturated carbocycles. The van der Waals surface area contributed by atoms with Crippen LogP contribution >= 0.6 is 0 Å². The lowest BCUT2D eigenvalue weighted by Crippen LogP contribution is -2.35. The minimum absolute atomic E-state index is 0.0518. The molecule has 0 atom stereocenters. The second-order valence-electron chi connectivity index (χ2n) is 7.34. The molecule has 31 heavy (non-hydrogen) atoms. The van der Waals surface area contributed by atoms with Gasteiger partial charge in [-0.3, -0.25) is 4.79 Å². The fraction of sp³-hybridized carbons (Fsp3) is 0.261. The van der Waals surface area contributed by atoms with E-state index in [9.17, 15) is 13.2 Å². The number of amides is 1. The second kappa shape index (κ2) is 8.95. The van der Waals surface area contributed by atoms with Crippen molar-refractivity contribution in [3.8, 4) is 5.75 Å². The molecule has 8 heteroatoms. The molecule has 3 aromatic rings. The van der Waals surface area contributed by atoms with E-state index in [1.165, 1.54) is 23.6 Å². The van der Waals surface area contributed by atoms with Crippen molar-refractivity contribution < 1.29 is 22.4 Å². The molecule has 0 unspecified atom stereocenters. The van der Waals surface area contributed by atoms with E-state index >= 15 is 0 Å². The summed E-state index contributed by atoms with van der Waals surface area (Å²) in [6.45, 7) is 0.977. The second-order valence-corrected chi connectivity index (χ2v) is 9.25. The first-order valence-corrected chi connectivity index (χ1v) is 11.6. The summed E-state index contributed by atoms with van der Waals surface area (Å²) in [5, 5.41) is 3.66. The number of benzene rings is 2. The average Bonchev–Trinajstić information content (AvgIpc) is 3.21. The van der Waals surface area contributed by atoms with E-state index in [2.05, 4.69) is 5.32 Å². The number of fused-ring (bicyclic) bond motifs is 1. The number of furan rings is 1. The van der Waals surface area contributed by atoms with E-state index in [-0.39, 0.29) is 10.6 Å². The highest BCUT2D eigenvalue weighted by Gasteiger charge is 2.29. The lowest BCUT2D eigenvalue weighted by Gasteiger charge is -2.26. The van der Waals surface area contributed by atoms with Crippen molar-refractivity contribution in [2.45, 2.75) is 24.2 Å². The van der Waals surface area contributed by atoms with Crippen LogP contribution in [0.15, 0.2) is 63.9 Å². The number of carbonyl (C=O) groups is 1. The molecule has 1 aliphatic heterocycles. The van der Waals surface area contributed by atoms with Crippen molar-refractivity contribution in [2.75, 3.05) is 25.5 Å². The van der Waals surface area contributed by atoms with E-state index in [4.69, 9.17) is 9.15 Å². The Kier molecular flexibility index (Phi) is 6.11. The number of sulfonamides is 1. The third-order valence-electron chi connectivity index (χ3n) is 5.21. The van der Waals surface area contributed by atoms with Crippen molar-refractivity contribution in [3.05, 3.63) is 60.4 Å². The standard InChI is InChI=1S/C23H24N2O5S/c1-29-21-11-9-18(16-22(21)31(27,28)25-13-5-2-6-14-25)24-23(26)12-10-19-15-17-7-3-4-8-20(17)30-19/h3-4,7-12,15-16H,2,5-6,13-14H2,1H3,(H,24,26)/b12-10+. The maximum atomic E-state index is 13.1. The predicted molar refractivity (Wildman–Crippen MR) is 119 cm³/mol. The SMILES string of the molecule is COc1ccc(NC(=O)/C=C/c2cc3ccccc3o2)cc1S(=O)(=O)N1CCCCC1. The normalized spacial score (nSPS) is 15.4. The Morgan fingerprint density at radius 2 is 1.87 bits per heavy atom. The maximum absolute atomic E-state index is 13.1. The highest BCUT2D eigenvalue weighted by Crippen LogP contribution is 2.31. The number of rotatable bonds is 6. The fourth-order valence-electron chi connectivity index (χ4n) is 3.63. The summed E-state index contributed by atoms with van der Waals surface area (Å²) in [5.74, 6) is 0.410. The maximum Gasteiger partial charge on any atom is 0.248 e. The zero-order valence-electron chi connectivity index (χ0n) is 17.2. The van der Waals surface area contributed by atoms with Gasteiger partial charge in [0.05, 0.1) is 7.11 Å². The highest BCUT2D eigenvalue weighted by atomic mass is 32.2. The van der Waals surface area contributed by atoms with Gasteiger partial charge in [-0.15, -0.1) is 0 Å². The number of anilines is 1. The smallest absolute Gasteiger partial charge is 0.248 e. The Balaban J connectivity index is 1.52. The Morgan fingerprint density at radius 1 is 1.10 bits per heavy atom. The summed E-state index contributed by atoms with van der Waals surface area (Å²) < 4.78 is 38.6. The van der Waals surface area contributed by atoms with Gasteiger partial charge in [-0.1, -0.05) is 24.6 Å². The first-order valence-electron chi connectivity index (χ1n) is 10.1. The first-order chi connectivity index (χ1) is 15.0. The van der Waals surface area contributed by atoms with Gasteiger partial charge in [0.25, 0.3) is 0 Å². The molecule has 0 bridgehead atoms. The zero-order valence-corrected chi connectivity index (χ0v) is 18.0. The predicted octanol–water partition coefficient (Wildman–Crippen LogP) is 4.27. The van der Waals surface area contributed by atoms with Crippen molar-refractivity contribution in [1.29, 1.82) is 0 Å². The summed E-state index contributed by atoms with van der Waals surface area (Å²) in [5.41, 5.74) is 1.11. The molecule has 7 nitrogen and oxygen atoms in total. The van der Waals surface area contributed by atoms with E-state index in [0.29, 0.717) is 24.5 Å². The number of piperidine rings is 1. The van der Waals surface area contributed by atoms with Crippen LogP contribution in [0.2, 0.25) is 0 Å². The van der Waals surface area contributed by atoms with Crippen molar-refractivity contribution in [3.63, 3.8) is 0 Å². The molecule has 162 valence electrons. The van der Waals surface area contributed by atoms with Crippen molar-refractivity contribution >= 4 is 38.7 Å². The van der Waals surface area contributed by atoms with E-state index in [1.807, 2.05) is 30.3 Å². The van der Waals surface area contributed by atoms with Crippen molar-refractivity contribution in [2.24, 2.45) is 0 Å². The van der Waals surface area contributed by atoms with Gasteiger partial charge < -0.3 is 14.5 Å². The zero-order chi connectivity index (χ0) is 21.8. The molecule has 1 N–H and O–H groups in total. The largest absolute Gasteiger partial charge is 0.495 e. The van der Waals surface area contributed by atoms with Crippen molar-refractivity contribution in [1.82, 2.24) is 4.31 Å². The van der Waals surface area contributed by atoms with Crippen LogP contribution in [0.4, 0.5) is 5.69 Å². The average molecular weight is 441 g/mol. The van der Waals surface area contributed by atoms with Crippen LogP contribution in [0.25, 0.3) is 17.0 Å². The van der Waals surface area contributed by atoms with Crippen LogP contribution < -0.4 is 10.1 Å². The summed E-state index contributed by atoms with van der Waals surface area (Å²) in [4.78, 5) is 12.4. The molecule has 0 aliphatic carbocycles. The quantitative estimate of drug-likeness (QED) is 0.579. The molecule has 0 radical (unpaired) electrons. The van der Waals surface area contributed by atoms with E-state index in [1.54, 1.807) is 18.2 Å². The molecule has 1 amide bonds. The Labute approximate surface area is 181 Å². The van der Waals surface area contributed by atoms with E-state index < -0.39 is 15.9 Å². The van der Waals surface area contributed by atoms with Gasteiger partial charge in [-0.2, -0.15) is 4.31 Å². The number of hydrogen-bond acceptors (Lipinski definition) is 5. The lowest BCUT2D eigenvalue weighted by atomic mass is 10.2. The van der Waals surface area contributed by atoms with Crippen LogP contribution in [0.3, 0.4) is 0 Å². The fourth-order valence-corrected chi connectivity index (χ4v) is 5.33. The summed E-state index contributed by atoms with van der Waals surface area (Å²) in [6, 6.07) is 14.0. The van der Waals surface area contributed by atoms with Gasteiger partial charge >= 0.3 is 0 Å². The number of methoxy groups -OCH3 is 1. The molecular weight excluding hydrogens is 416 g/mol. The Morgan fingerprint density at radius 3 is 2.61 bits per heavy atom. The van der Waals surface area contributed by atoms with Gasteiger partial charge in [-0.25, -0.2) is 8.42 Å². The highest BCUT2D eigenvalue weighted by molar-refractivity contribution is 7.89. The van der Waals surface area contributed by atoms with Crippen LogP contribution in [-0.4, -0.2) is 38.8 Å². The monoisotopic (exact) mass is 440 g/mol. The molecule has 4 rings (SSSR count). The van der Waals surface area contributed by atoms with Crippen LogP contribution in [0.1, 0.15) is 25.0 Å². The minimum atomic E-state index is -3.71. The molecule has 2 aromatic carbocycles. The van der Waals surface area contributed by atoms with Crippen LogP contribution in [0.5, 0.6) is 5.75 Å². The number of ether oxygens (including phenoxy) is 1. The van der Waals surface area contributed by atoms with Gasteiger partial charge in [0.1, 0.15) is 22.0 Å². The number of nitrogens with one attached hydrogen (secondary N) is 1. The molecular formula is C23H24N2O5S. The lowest BCUT2D eigenvalue weighted by molar-refractivity contribution is -0.111. The number of para-hydroxylation sites is 1. The van der Waals surface area contributed by atoms with Gasteiger partial charge in [0.15, 0.2) is 0 Å². The molecule has 1 aromatic heterocycles. The third kappa shape index (κ3) is 4.65. The van der Waals surface area contributed by atoms with Gasteiger partial charge in [-0.05, 0) is 49.2 Å². The first kappa shape index (κ1) is 21.1. The van der Waals surface area contributed by atoms with E-state index in [0.717, 1.165) is 30.2 Å². The third-order valence-corrected chi connectivity index (χ3v) is 7.13.